The van der Waals surface area contributed by atoms with Crippen molar-refractivity contribution in [2.45, 2.75) is 0 Å². The fourth-order valence-corrected chi connectivity index (χ4v) is 8.61. The number of rotatable bonds is 5. The van der Waals surface area contributed by atoms with Gasteiger partial charge < -0.3 is 9.47 Å². The highest BCUT2D eigenvalue weighted by atomic mass is 32.1. The van der Waals surface area contributed by atoms with Gasteiger partial charge in [-0.15, -0.1) is 11.3 Å². The molecule has 8 aromatic carbocycles. The number of benzene rings is 8. The van der Waals surface area contributed by atoms with Crippen LogP contribution in [0, 0.1) is 0 Å². The van der Waals surface area contributed by atoms with Crippen LogP contribution < -0.4 is 4.90 Å². The second-order valence-corrected chi connectivity index (χ2v) is 13.7. The molecule has 2 nitrogen and oxygen atoms in total. The summed E-state index contributed by atoms with van der Waals surface area (Å²) in [4.78, 5) is 2.40. The van der Waals surface area contributed by atoms with E-state index in [0.29, 0.717) is 0 Å². The third kappa shape index (κ3) is 4.55. The molecule has 230 valence electrons. The Morgan fingerprint density at radius 1 is 0.388 bits per heavy atom. The minimum absolute atomic E-state index is 1.13. The van der Waals surface area contributed by atoms with E-state index in [1.807, 2.05) is 11.3 Å². The molecule has 0 bridgehead atoms. The van der Waals surface area contributed by atoms with Crippen molar-refractivity contribution in [3.05, 3.63) is 182 Å². The molecule has 2 heterocycles. The van der Waals surface area contributed by atoms with Crippen LogP contribution in [0.15, 0.2) is 182 Å². The zero-order valence-corrected chi connectivity index (χ0v) is 27.4. The highest BCUT2D eigenvalue weighted by molar-refractivity contribution is 7.25. The maximum atomic E-state index is 2.44. The van der Waals surface area contributed by atoms with Gasteiger partial charge in [-0.05, 0) is 83.2 Å². The number of hydrogen-bond donors (Lipinski definition) is 0. The molecule has 0 unspecified atom stereocenters. The van der Waals surface area contributed by atoms with Gasteiger partial charge in [0, 0.05) is 53.4 Å². The molecule has 0 saturated heterocycles. The van der Waals surface area contributed by atoms with Crippen molar-refractivity contribution in [1.82, 2.24) is 4.57 Å². The minimum Gasteiger partial charge on any atom is -0.310 e. The van der Waals surface area contributed by atoms with Crippen molar-refractivity contribution in [1.29, 1.82) is 0 Å². The number of anilines is 3. The zero-order valence-electron chi connectivity index (χ0n) is 26.6. The summed E-state index contributed by atoms with van der Waals surface area (Å²) in [6, 6.07) is 66.2. The van der Waals surface area contributed by atoms with Gasteiger partial charge in [0.2, 0.25) is 0 Å². The summed E-state index contributed by atoms with van der Waals surface area (Å²) < 4.78 is 5.07. The highest BCUT2D eigenvalue weighted by Gasteiger charge is 2.20. The molecule has 2 aromatic heterocycles. The lowest BCUT2D eigenvalue weighted by atomic mass is 10.0. The van der Waals surface area contributed by atoms with Crippen LogP contribution in [0.25, 0.3) is 69.6 Å². The Labute approximate surface area is 288 Å². The topological polar surface area (TPSA) is 8.17 Å². The second kappa shape index (κ2) is 11.2. The molecule has 0 saturated carbocycles. The lowest BCUT2D eigenvalue weighted by molar-refractivity contribution is 1.18. The molecule has 0 aliphatic heterocycles. The lowest BCUT2D eigenvalue weighted by Crippen LogP contribution is -2.10. The molecular weight excluding hydrogens is 613 g/mol. The average molecular weight is 643 g/mol. The summed E-state index contributed by atoms with van der Waals surface area (Å²) in [5, 5.41) is 7.57. The van der Waals surface area contributed by atoms with E-state index < -0.39 is 0 Å². The first-order chi connectivity index (χ1) is 24.3. The van der Waals surface area contributed by atoms with Crippen LogP contribution in [0.3, 0.4) is 0 Å². The van der Waals surface area contributed by atoms with Gasteiger partial charge in [0.25, 0.3) is 0 Å². The smallest absolute Gasteiger partial charge is 0.0555 e. The predicted molar refractivity (Wildman–Crippen MR) is 211 cm³/mol. The van der Waals surface area contributed by atoms with Gasteiger partial charge in [0.15, 0.2) is 0 Å². The molecule has 0 aliphatic carbocycles. The quantitative estimate of drug-likeness (QED) is 0.181. The molecule has 0 fully saturated rings. The maximum Gasteiger partial charge on any atom is 0.0555 e. The van der Waals surface area contributed by atoms with Gasteiger partial charge >= 0.3 is 0 Å². The first-order valence-corrected chi connectivity index (χ1v) is 17.5. The molecule has 0 N–H and O–H groups in total. The summed E-state index contributed by atoms with van der Waals surface area (Å²) in [7, 11) is 0. The normalized spacial score (nSPS) is 11.7. The molecule has 10 rings (SSSR count). The number of fused-ring (bicyclic) bond motifs is 7. The maximum absolute atomic E-state index is 2.44. The van der Waals surface area contributed by atoms with Crippen molar-refractivity contribution in [2.75, 3.05) is 4.90 Å². The summed E-state index contributed by atoms with van der Waals surface area (Å²) in [5.74, 6) is 0. The Hall–Kier alpha value is -6.16. The predicted octanol–water partition coefficient (Wildman–Crippen LogP) is 13.4. The van der Waals surface area contributed by atoms with Crippen molar-refractivity contribution < 1.29 is 0 Å². The number of aromatic nitrogens is 1. The third-order valence-corrected chi connectivity index (χ3v) is 10.9. The number of thiophene rings is 1. The summed E-state index contributed by atoms with van der Waals surface area (Å²) in [6.07, 6.45) is 0. The Morgan fingerprint density at radius 3 is 1.90 bits per heavy atom. The Balaban J connectivity index is 1.25. The van der Waals surface area contributed by atoms with E-state index in [4.69, 9.17) is 0 Å². The standard InChI is InChI=1S/C46H30N2S/c1-3-12-31(13-4-1)32-22-24-35(25-23-32)48-43-27-26-36(28-39(43)40-29-41-38-19-9-10-21-45(38)49-46(41)30-44(40)48)47(34-16-5-2-6-17-34)42-20-11-15-33-14-7-8-18-37(33)42/h1-30H. The van der Waals surface area contributed by atoms with E-state index >= 15 is 0 Å². The fraction of sp³-hybridized carbons (Fsp3) is 0. The van der Waals surface area contributed by atoms with Crippen molar-refractivity contribution in [3.63, 3.8) is 0 Å². The van der Waals surface area contributed by atoms with E-state index in [1.165, 1.54) is 63.9 Å². The summed E-state index contributed by atoms with van der Waals surface area (Å²) in [6.45, 7) is 0. The molecule has 0 aliphatic rings. The Kier molecular flexibility index (Phi) is 6.39. The van der Waals surface area contributed by atoms with Gasteiger partial charge in [0.05, 0.1) is 16.7 Å². The molecule has 0 atom stereocenters. The van der Waals surface area contributed by atoms with Crippen LogP contribution in [0.5, 0.6) is 0 Å². The van der Waals surface area contributed by atoms with Crippen LogP contribution in [0.1, 0.15) is 0 Å². The van der Waals surface area contributed by atoms with Crippen LogP contribution in [-0.4, -0.2) is 4.57 Å². The van der Waals surface area contributed by atoms with Crippen LogP contribution in [0.2, 0.25) is 0 Å². The molecule has 3 heteroatoms. The molecule has 10 aromatic rings. The zero-order chi connectivity index (χ0) is 32.3. The first-order valence-electron chi connectivity index (χ1n) is 16.7. The number of para-hydroxylation sites is 1. The van der Waals surface area contributed by atoms with Crippen molar-refractivity contribution >= 4 is 81.1 Å². The van der Waals surface area contributed by atoms with Crippen LogP contribution in [0.4, 0.5) is 17.1 Å². The SMILES string of the molecule is c1ccc(-c2ccc(-n3c4ccc(N(c5ccccc5)c5cccc6ccccc56)cc4c4cc5c(cc43)sc3ccccc35)cc2)cc1. The average Bonchev–Trinajstić information content (AvgIpc) is 3.69. The van der Waals surface area contributed by atoms with Gasteiger partial charge in [0.1, 0.15) is 0 Å². The molecule has 0 spiro atoms. The van der Waals surface area contributed by atoms with E-state index in [1.54, 1.807) is 0 Å². The second-order valence-electron chi connectivity index (χ2n) is 12.6. The first kappa shape index (κ1) is 27.9. The number of hydrogen-bond acceptors (Lipinski definition) is 2. The largest absolute Gasteiger partial charge is 0.310 e. The van der Waals surface area contributed by atoms with Gasteiger partial charge in [-0.2, -0.15) is 0 Å². The Morgan fingerprint density at radius 2 is 1.06 bits per heavy atom. The molecule has 0 amide bonds. The van der Waals surface area contributed by atoms with Gasteiger partial charge in [-0.1, -0.05) is 115 Å². The third-order valence-electron chi connectivity index (χ3n) is 9.76. The molecule has 0 radical (unpaired) electrons. The van der Waals surface area contributed by atoms with E-state index in [0.717, 1.165) is 22.7 Å². The van der Waals surface area contributed by atoms with E-state index in [-0.39, 0.29) is 0 Å². The summed E-state index contributed by atoms with van der Waals surface area (Å²) in [5.41, 5.74) is 9.43. The monoisotopic (exact) mass is 642 g/mol. The fourth-order valence-electron chi connectivity index (χ4n) is 7.48. The van der Waals surface area contributed by atoms with Gasteiger partial charge in [-0.25, -0.2) is 0 Å². The minimum atomic E-state index is 1.13. The lowest BCUT2D eigenvalue weighted by Gasteiger charge is -2.27. The van der Waals surface area contributed by atoms with Crippen LogP contribution in [-0.2, 0) is 0 Å². The van der Waals surface area contributed by atoms with Crippen molar-refractivity contribution in [2.24, 2.45) is 0 Å². The highest BCUT2D eigenvalue weighted by Crippen LogP contribution is 2.44. The van der Waals surface area contributed by atoms with Crippen molar-refractivity contribution in [3.8, 4) is 16.8 Å². The van der Waals surface area contributed by atoms with Crippen LogP contribution >= 0.6 is 11.3 Å². The van der Waals surface area contributed by atoms with E-state index in [9.17, 15) is 0 Å². The molecular formula is C46H30N2S. The Bertz CT molecular complexity index is 2810. The molecule has 49 heavy (non-hydrogen) atoms. The number of nitrogens with zero attached hydrogens (tertiary/aromatic N) is 2. The van der Waals surface area contributed by atoms with E-state index in [2.05, 4.69) is 191 Å². The summed E-state index contributed by atoms with van der Waals surface area (Å²) >= 11 is 1.87. The van der Waals surface area contributed by atoms with Gasteiger partial charge in [-0.3, -0.25) is 0 Å².